The second-order valence-electron chi connectivity index (χ2n) is 16.7. The number of carbonyl (C=O) groups is 4. The summed E-state index contributed by atoms with van der Waals surface area (Å²) in [6, 6.07) is 35.7. The number of hydrogen-bond acceptors (Lipinski definition) is 10. The molecule has 0 aliphatic carbocycles. The maximum Gasteiger partial charge on any atom is 0.408 e. The van der Waals surface area contributed by atoms with Crippen molar-refractivity contribution in [1.29, 1.82) is 0 Å². The average molecular weight is 881 g/mol. The van der Waals surface area contributed by atoms with E-state index in [1.807, 2.05) is 149 Å². The molecule has 0 aliphatic rings. The van der Waals surface area contributed by atoms with E-state index in [1.165, 1.54) is 0 Å². The maximum absolute atomic E-state index is 13.9. The third kappa shape index (κ3) is 18.9. The number of nitrogens with zero attached hydrogens (tertiary/aromatic N) is 2. The largest absolute Gasteiger partial charge is 0.445 e. The van der Waals surface area contributed by atoms with Crippen molar-refractivity contribution in [2.24, 2.45) is 11.8 Å². The van der Waals surface area contributed by atoms with Crippen LogP contribution in [0.5, 0.6) is 0 Å². The molecule has 6 N–H and O–H groups in total. The van der Waals surface area contributed by atoms with Crippen LogP contribution in [-0.2, 0) is 45.1 Å². The summed E-state index contributed by atoms with van der Waals surface area (Å²) in [6.07, 6.45) is -0.396. The zero-order valence-electron chi connectivity index (χ0n) is 37.7. The summed E-state index contributed by atoms with van der Waals surface area (Å²) < 4.78 is 10.9. The van der Waals surface area contributed by atoms with Crippen LogP contribution in [0.25, 0.3) is 0 Å². The van der Waals surface area contributed by atoms with Gasteiger partial charge in [-0.25, -0.2) is 9.59 Å². The number of nitrogens with one attached hydrogen (secondary N) is 4. The van der Waals surface area contributed by atoms with Gasteiger partial charge in [0.05, 0.1) is 13.2 Å². The summed E-state index contributed by atoms with van der Waals surface area (Å²) in [5.41, 5.74) is 3.67. The molecule has 0 fully saturated rings. The molecule has 0 aliphatic heterocycles. The lowest BCUT2D eigenvalue weighted by atomic mass is 10.0. The normalized spacial score (nSPS) is 13.2. The second-order valence-corrected chi connectivity index (χ2v) is 16.7. The van der Waals surface area contributed by atoms with Gasteiger partial charge in [-0.05, 0) is 46.9 Å². The quantitative estimate of drug-likeness (QED) is 0.0481. The monoisotopic (exact) mass is 881 g/mol. The van der Waals surface area contributed by atoms with E-state index in [0.717, 1.165) is 22.3 Å². The van der Waals surface area contributed by atoms with Crippen LogP contribution in [0, 0.1) is 11.8 Å². The minimum atomic E-state index is -0.866. The first-order valence-corrected chi connectivity index (χ1v) is 22.2. The van der Waals surface area contributed by atoms with Crippen molar-refractivity contribution in [2.75, 3.05) is 52.5 Å². The third-order valence-electron chi connectivity index (χ3n) is 10.7. The van der Waals surface area contributed by atoms with Crippen LogP contribution in [-0.4, -0.2) is 121 Å². The Bertz CT molecular complexity index is 1800. The van der Waals surface area contributed by atoms with Crippen LogP contribution in [0.2, 0.25) is 0 Å². The number of carbonyl (C=O) groups excluding carboxylic acids is 4. The van der Waals surface area contributed by atoms with Crippen molar-refractivity contribution in [2.45, 2.75) is 77.9 Å². The predicted molar refractivity (Wildman–Crippen MR) is 248 cm³/mol. The van der Waals surface area contributed by atoms with Gasteiger partial charge in [-0.15, -0.1) is 0 Å². The van der Waals surface area contributed by atoms with Gasteiger partial charge < -0.3 is 41.0 Å². The van der Waals surface area contributed by atoms with Crippen LogP contribution in [0.1, 0.15) is 49.9 Å². The molecular formula is C50H68N6O8. The molecule has 14 heteroatoms. The standard InChI is InChI=1S/C50H68N6O8/c1-37(2)45(53-49(61)63-35-41-21-13-7-14-22-41)47(59)51-43(31-39-17-9-5-10-18-39)33-55(27-29-57)25-26-56(28-30-58)34-44(32-40-19-11-6-12-20-40)52-48(60)46(38(3)4)54-50(62)64-36-42-23-15-8-16-24-42/h5-24,37-38,43-46,57-58H,25-36H2,1-4H3,(H,51,59)(H,52,60)(H,53,61)(H,54,62)/t43-,44-,45-,46+/m0/s1. The van der Waals surface area contributed by atoms with Crippen molar-refractivity contribution in [3.8, 4) is 0 Å². The smallest absolute Gasteiger partial charge is 0.408 e. The number of amides is 4. The highest BCUT2D eigenvalue weighted by atomic mass is 16.6. The van der Waals surface area contributed by atoms with Gasteiger partial charge >= 0.3 is 12.2 Å². The van der Waals surface area contributed by atoms with Crippen LogP contribution in [0.4, 0.5) is 9.59 Å². The highest BCUT2D eigenvalue weighted by Crippen LogP contribution is 2.12. The number of rotatable bonds is 27. The molecule has 64 heavy (non-hydrogen) atoms. The maximum atomic E-state index is 13.9. The van der Waals surface area contributed by atoms with Crippen LogP contribution in [0.15, 0.2) is 121 Å². The van der Waals surface area contributed by atoms with E-state index in [9.17, 15) is 29.4 Å². The Balaban J connectivity index is 1.45. The molecule has 0 bridgehead atoms. The van der Waals surface area contributed by atoms with E-state index in [0.29, 0.717) is 52.1 Å². The number of aliphatic hydroxyl groups excluding tert-OH is 2. The van der Waals surface area contributed by atoms with Gasteiger partial charge in [-0.1, -0.05) is 149 Å². The first kappa shape index (κ1) is 50.8. The summed E-state index contributed by atoms with van der Waals surface area (Å²) in [5, 5.41) is 32.3. The molecule has 346 valence electrons. The zero-order valence-corrected chi connectivity index (χ0v) is 37.7. The summed E-state index contributed by atoms with van der Waals surface area (Å²) in [4.78, 5) is 57.7. The van der Waals surface area contributed by atoms with E-state index in [2.05, 4.69) is 31.1 Å². The molecule has 4 aromatic carbocycles. The molecule has 0 spiro atoms. The highest BCUT2D eigenvalue weighted by molar-refractivity contribution is 5.86. The van der Waals surface area contributed by atoms with Gasteiger partial charge in [0.2, 0.25) is 11.8 Å². The van der Waals surface area contributed by atoms with Crippen LogP contribution < -0.4 is 21.3 Å². The van der Waals surface area contributed by atoms with E-state index in [1.54, 1.807) is 0 Å². The van der Waals surface area contributed by atoms with Gasteiger partial charge in [-0.2, -0.15) is 0 Å². The molecule has 0 saturated carbocycles. The first-order chi connectivity index (χ1) is 30.9. The summed E-state index contributed by atoms with van der Waals surface area (Å²) in [6.45, 7) is 9.64. The van der Waals surface area contributed by atoms with Crippen LogP contribution in [0.3, 0.4) is 0 Å². The van der Waals surface area contributed by atoms with E-state index in [-0.39, 0.29) is 50.1 Å². The van der Waals surface area contributed by atoms with Crippen molar-refractivity contribution < 1.29 is 38.9 Å². The predicted octanol–water partition coefficient (Wildman–Crippen LogP) is 4.93. The van der Waals surface area contributed by atoms with Gasteiger partial charge in [0.15, 0.2) is 0 Å². The Morgan fingerprint density at radius 3 is 1.08 bits per heavy atom. The minimum absolute atomic E-state index is 0.0697. The Morgan fingerprint density at radius 1 is 0.469 bits per heavy atom. The van der Waals surface area contributed by atoms with Crippen molar-refractivity contribution >= 4 is 24.0 Å². The lowest BCUT2D eigenvalue weighted by Gasteiger charge is -2.33. The Kier molecular flexibility index (Phi) is 22.3. The molecule has 4 atom stereocenters. The molecule has 0 radical (unpaired) electrons. The van der Waals surface area contributed by atoms with Gasteiger partial charge in [0.25, 0.3) is 0 Å². The zero-order chi connectivity index (χ0) is 46.1. The fourth-order valence-corrected chi connectivity index (χ4v) is 7.33. The molecule has 0 unspecified atom stereocenters. The van der Waals surface area contributed by atoms with Crippen molar-refractivity contribution in [3.63, 3.8) is 0 Å². The number of hydrogen-bond donors (Lipinski definition) is 6. The highest BCUT2D eigenvalue weighted by Gasteiger charge is 2.30. The van der Waals surface area contributed by atoms with Gasteiger partial charge in [0.1, 0.15) is 25.3 Å². The average Bonchev–Trinajstić information content (AvgIpc) is 3.28. The summed E-state index contributed by atoms with van der Waals surface area (Å²) in [7, 11) is 0. The van der Waals surface area contributed by atoms with Crippen molar-refractivity contribution in [1.82, 2.24) is 31.1 Å². The number of benzene rings is 4. The molecule has 4 amide bonds. The molecule has 0 heterocycles. The molecule has 14 nitrogen and oxygen atoms in total. The Hall–Kier alpha value is -5.80. The first-order valence-electron chi connectivity index (χ1n) is 22.2. The van der Waals surface area contributed by atoms with Gasteiger partial charge in [-0.3, -0.25) is 19.4 Å². The number of ether oxygens (including phenoxy) is 2. The van der Waals surface area contributed by atoms with Crippen LogP contribution >= 0.6 is 0 Å². The second kappa shape index (κ2) is 28.1. The SMILES string of the molecule is CC(C)[C@H](NC(=O)OCc1ccccc1)C(=O)N[C@@H](Cc1ccccc1)CN(CCO)CCN(CCO)C[C@H](Cc1ccccc1)NC(=O)[C@H](NC(=O)OCc1ccccc1)C(C)C. The van der Waals surface area contributed by atoms with Gasteiger partial charge in [0, 0.05) is 51.4 Å². The Morgan fingerprint density at radius 2 is 0.781 bits per heavy atom. The fourth-order valence-electron chi connectivity index (χ4n) is 7.33. The molecule has 4 aromatic rings. The third-order valence-corrected chi connectivity index (χ3v) is 10.7. The fraction of sp³-hybridized carbons (Fsp3) is 0.440. The van der Waals surface area contributed by atoms with Crippen molar-refractivity contribution in [3.05, 3.63) is 144 Å². The lowest BCUT2D eigenvalue weighted by Crippen LogP contribution is -2.56. The molecular weight excluding hydrogens is 813 g/mol. The lowest BCUT2D eigenvalue weighted by molar-refractivity contribution is -0.125. The summed E-state index contributed by atoms with van der Waals surface area (Å²) in [5.74, 6) is -1.19. The molecule has 4 rings (SSSR count). The number of alkyl carbamates (subject to hydrolysis) is 2. The molecule has 0 saturated heterocycles. The summed E-state index contributed by atoms with van der Waals surface area (Å²) >= 11 is 0. The Labute approximate surface area is 378 Å². The van der Waals surface area contributed by atoms with E-state index in [4.69, 9.17) is 9.47 Å². The molecule has 0 aromatic heterocycles. The topological polar surface area (TPSA) is 182 Å². The minimum Gasteiger partial charge on any atom is -0.445 e. The van der Waals surface area contributed by atoms with E-state index < -0.39 is 36.4 Å². The van der Waals surface area contributed by atoms with E-state index >= 15 is 0 Å². The number of aliphatic hydroxyl groups is 2.